The van der Waals surface area contributed by atoms with E-state index in [1.807, 2.05) is 89.6 Å². The first-order valence-corrected chi connectivity index (χ1v) is 13.0. The normalized spacial score (nSPS) is 15.0. The molecule has 7 heteroatoms. The molecular formula is C31H24Cl2N4O. The fourth-order valence-corrected chi connectivity index (χ4v) is 5.29. The number of hydrogen-bond donors (Lipinski definition) is 0. The van der Waals surface area contributed by atoms with Crippen LogP contribution in [0.3, 0.4) is 0 Å². The van der Waals surface area contributed by atoms with Gasteiger partial charge in [0.2, 0.25) is 0 Å². The first-order valence-electron chi connectivity index (χ1n) is 12.3. The summed E-state index contributed by atoms with van der Waals surface area (Å²) >= 11 is 12.8. The number of anilines is 1. The molecule has 6 rings (SSSR count). The van der Waals surface area contributed by atoms with E-state index in [1.54, 1.807) is 13.2 Å². The van der Waals surface area contributed by atoms with Gasteiger partial charge in [-0.15, -0.1) is 0 Å². The summed E-state index contributed by atoms with van der Waals surface area (Å²) in [6.45, 7) is 0. The van der Waals surface area contributed by atoms with Crippen molar-refractivity contribution in [1.29, 1.82) is 0 Å². The Hall–Kier alpha value is -4.06. The highest BCUT2D eigenvalue weighted by Crippen LogP contribution is 2.41. The highest BCUT2D eigenvalue weighted by Gasteiger charge is 2.34. The maximum Gasteiger partial charge on any atom is 0.118 e. The molecule has 0 radical (unpaired) electrons. The molecule has 5 aromatic rings. The number of nitrogens with zero attached hydrogens (tertiary/aromatic N) is 4. The van der Waals surface area contributed by atoms with Crippen molar-refractivity contribution in [1.82, 2.24) is 9.78 Å². The molecule has 0 saturated heterocycles. The van der Waals surface area contributed by atoms with E-state index in [0.29, 0.717) is 16.5 Å². The Balaban J connectivity index is 1.50. The van der Waals surface area contributed by atoms with Crippen LogP contribution in [0.2, 0.25) is 10.0 Å². The van der Waals surface area contributed by atoms with Crippen molar-refractivity contribution in [2.75, 3.05) is 12.1 Å². The molecule has 188 valence electrons. The lowest BCUT2D eigenvalue weighted by atomic mass is 9.96. The molecule has 1 atom stereocenters. The van der Waals surface area contributed by atoms with Gasteiger partial charge in [0.05, 0.1) is 41.0 Å². The zero-order valence-corrected chi connectivity index (χ0v) is 22.1. The van der Waals surface area contributed by atoms with Crippen molar-refractivity contribution >= 4 is 34.6 Å². The average molecular weight is 539 g/mol. The van der Waals surface area contributed by atoms with E-state index in [-0.39, 0.29) is 6.04 Å². The van der Waals surface area contributed by atoms with Crippen LogP contribution in [0, 0.1) is 0 Å². The Morgan fingerprint density at radius 2 is 1.50 bits per heavy atom. The van der Waals surface area contributed by atoms with Crippen molar-refractivity contribution < 1.29 is 4.74 Å². The highest BCUT2D eigenvalue weighted by molar-refractivity contribution is 6.37. The average Bonchev–Trinajstić information content (AvgIpc) is 3.59. The molecular weight excluding hydrogens is 515 g/mol. The molecule has 0 fully saturated rings. The third-order valence-corrected chi connectivity index (χ3v) is 7.21. The van der Waals surface area contributed by atoms with Gasteiger partial charge in [0.25, 0.3) is 0 Å². The molecule has 4 aromatic carbocycles. The van der Waals surface area contributed by atoms with Crippen molar-refractivity contribution in [2.45, 2.75) is 12.5 Å². The van der Waals surface area contributed by atoms with Gasteiger partial charge in [0, 0.05) is 34.3 Å². The minimum absolute atomic E-state index is 0.103. The fourth-order valence-electron chi connectivity index (χ4n) is 4.77. The van der Waals surface area contributed by atoms with Crippen LogP contribution in [-0.4, -0.2) is 22.6 Å². The van der Waals surface area contributed by atoms with Crippen LogP contribution in [0.25, 0.3) is 16.9 Å². The summed E-state index contributed by atoms with van der Waals surface area (Å²) < 4.78 is 7.33. The smallest absolute Gasteiger partial charge is 0.118 e. The molecule has 0 saturated carbocycles. The van der Waals surface area contributed by atoms with E-state index in [2.05, 4.69) is 23.3 Å². The van der Waals surface area contributed by atoms with E-state index < -0.39 is 0 Å². The monoisotopic (exact) mass is 538 g/mol. The van der Waals surface area contributed by atoms with E-state index in [4.69, 9.17) is 38.1 Å². The second-order valence-corrected chi connectivity index (χ2v) is 9.86. The summed E-state index contributed by atoms with van der Waals surface area (Å²) in [5.74, 6) is 0.799. The number of methoxy groups -OCH3 is 1. The summed E-state index contributed by atoms with van der Waals surface area (Å²) in [5.41, 5.74) is 6.70. The maximum absolute atomic E-state index is 6.62. The largest absolute Gasteiger partial charge is 0.497 e. The van der Waals surface area contributed by atoms with Crippen molar-refractivity contribution in [2.24, 2.45) is 5.10 Å². The number of halogens is 2. The number of benzene rings is 4. The van der Waals surface area contributed by atoms with Crippen LogP contribution >= 0.6 is 23.2 Å². The minimum atomic E-state index is -0.103. The molecule has 0 bridgehead atoms. The molecule has 1 aromatic heterocycles. The number of aromatic nitrogens is 2. The summed E-state index contributed by atoms with van der Waals surface area (Å²) in [4.78, 5) is 0. The van der Waals surface area contributed by atoms with Gasteiger partial charge in [0.1, 0.15) is 5.75 Å². The van der Waals surface area contributed by atoms with Crippen molar-refractivity contribution in [3.05, 3.63) is 130 Å². The van der Waals surface area contributed by atoms with Gasteiger partial charge in [-0.25, -0.2) is 4.68 Å². The van der Waals surface area contributed by atoms with Gasteiger partial charge in [-0.1, -0.05) is 65.7 Å². The SMILES string of the molecule is COc1ccc(-c2nn(-c3ccccc3)cc2C2CC(c3ccc(Cl)cc3Cl)=NN2c2ccccc2)cc1. The quantitative estimate of drug-likeness (QED) is 0.218. The van der Waals surface area contributed by atoms with Crippen LogP contribution < -0.4 is 9.75 Å². The summed E-state index contributed by atoms with van der Waals surface area (Å²) in [5, 5.41) is 13.4. The number of ether oxygens (including phenoxy) is 1. The number of para-hydroxylation sites is 2. The Morgan fingerprint density at radius 3 is 2.16 bits per heavy atom. The minimum Gasteiger partial charge on any atom is -0.497 e. The Bertz CT molecular complexity index is 1600. The highest BCUT2D eigenvalue weighted by atomic mass is 35.5. The lowest BCUT2D eigenvalue weighted by Crippen LogP contribution is -2.18. The molecule has 0 aliphatic carbocycles. The van der Waals surface area contributed by atoms with E-state index >= 15 is 0 Å². The number of rotatable bonds is 6. The number of hydrazone groups is 1. The molecule has 1 aliphatic rings. The summed E-state index contributed by atoms with van der Waals surface area (Å²) in [7, 11) is 1.67. The van der Waals surface area contributed by atoms with Crippen molar-refractivity contribution in [3.63, 3.8) is 0 Å². The maximum atomic E-state index is 6.62. The first kappa shape index (κ1) is 24.3. The Labute approximate surface area is 231 Å². The Morgan fingerprint density at radius 1 is 0.816 bits per heavy atom. The third kappa shape index (κ3) is 4.67. The fraction of sp³-hybridized carbons (Fsp3) is 0.0968. The van der Waals surface area contributed by atoms with Crippen molar-refractivity contribution in [3.8, 4) is 22.7 Å². The van der Waals surface area contributed by atoms with Crippen LogP contribution in [0.5, 0.6) is 5.75 Å². The molecule has 5 nitrogen and oxygen atoms in total. The van der Waals surface area contributed by atoms with Gasteiger partial charge >= 0.3 is 0 Å². The summed E-state index contributed by atoms with van der Waals surface area (Å²) in [6, 6.07) is 33.8. The second kappa shape index (κ2) is 10.4. The van der Waals surface area contributed by atoms with E-state index in [0.717, 1.165) is 45.2 Å². The lowest BCUT2D eigenvalue weighted by molar-refractivity contribution is 0.415. The number of hydrogen-bond acceptors (Lipinski definition) is 4. The van der Waals surface area contributed by atoms with Gasteiger partial charge in [-0.05, 0) is 60.7 Å². The van der Waals surface area contributed by atoms with Gasteiger partial charge in [-0.3, -0.25) is 5.01 Å². The molecule has 1 unspecified atom stereocenters. The molecule has 38 heavy (non-hydrogen) atoms. The van der Waals surface area contributed by atoms with E-state index in [1.165, 1.54) is 0 Å². The zero-order chi connectivity index (χ0) is 26.1. The van der Waals surface area contributed by atoms with E-state index in [9.17, 15) is 0 Å². The van der Waals surface area contributed by atoms with Gasteiger partial charge in [-0.2, -0.15) is 10.2 Å². The van der Waals surface area contributed by atoms with Crippen LogP contribution in [0.1, 0.15) is 23.6 Å². The first-order chi connectivity index (χ1) is 18.6. The molecule has 2 heterocycles. The lowest BCUT2D eigenvalue weighted by Gasteiger charge is -2.23. The zero-order valence-electron chi connectivity index (χ0n) is 20.6. The Kier molecular flexibility index (Phi) is 6.62. The predicted molar refractivity (Wildman–Crippen MR) is 155 cm³/mol. The molecule has 1 aliphatic heterocycles. The standard InChI is InChI=1S/C31H24Cl2N4O/c1-38-25-15-12-21(13-16-25)31-27(20-36(35-31)23-8-4-2-5-9-23)30-19-29(26-17-14-22(32)18-28(26)33)34-37(30)24-10-6-3-7-11-24/h2-18,20,30H,19H2,1H3. The van der Waals surface area contributed by atoms with Crippen LogP contribution in [0.4, 0.5) is 5.69 Å². The summed E-state index contributed by atoms with van der Waals surface area (Å²) in [6.07, 6.45) is 2.76. The molecule has 0 spiro atoms. The third-order valence-electron chi connectivity index (χ3n) is 6.66. The van der Waals surface area contributed by atoms with Gasteiger partial charge in [0.15, 0.2) is 0 Å². The second-order valence-electron chi connectivity index (χ2n) is 9.01. The van der Waals surface area contributed by atoms with Crippen LogP contribution in [0.15, 0.2) is 114 Å². The van der Waals surface area contributed by atoms with Crippen LogP contribution in [-0.2, 0) is 0 Å². The van der Waals surface area contributed by atoms with Gasteiger partial charge < -0.3 is 4.74 Å². The molecule has 0 N–H and O–H groups in total. The molecule has 0 amide bonds. The predicted octanol–water partition coefficient (Wildman–Crippen LogP) is 8.21. The topological polar surface area (TPSA) is 42.6 Å².